The van der Waals surface area contributed by atoms with Gasteiger partial charge in [0.2, 0.25) is 0 Å². The lowest BCUT2D eigenvalue weighted by molar-refractivity contribution is 0.0940. The third-order valence-corrected chi connectivity index (χ3v) is 3.96. The Morgan fingerprint density at radius 3 is 2.78 bits per heavy atom. The zero-order valence-corrected chi connectivity index (χ0v) is 11.9. The SMILES string of the molecule is CC(C)CNc1nc(N)c(C(=O)NC2(C)CC2)s1. The molecule has 100 valence electrons. The van der Waals surface area contributed by atoms with Crippen LogP contribution in [0.25, 0.3) is 0 Å². The molecule has 0 atom stereocenters. The monoisotopic (exact) mass is 268 g/mol. The Labute approximate surface area is 111 Å². The van der Waals surface area contributed by atoms with E-state index in [4.69, 9.17) is 5.73 Å². The average molecular weight is 268 g/mol. The number of aromatic nitrogens is 1. The zero-order valence-electron chi connectivity index (χ0n) is 11.0. The minimum atomic E-state index is -0.109. The lowest BCUT2D eigenvalue weighted by Crippen LogP contribution is -2.34. The van der Waals surface area contributed by atoms with E-state index in [1.807, 2.05) is 6.92 Å². The molecule has 5 nitrogen and oxygen atoms in total. The van der Waals surface area contributed by atoms with Gasteiger partial charge in [-0.25, -0.2) is 4.98 Å². The predicted molar refractivity (Wildman–Crippen MR) is 75.0 cm³/mol. The van der Waals surface area contributed by atoms with Gasteiger partial charge < -0.3 is 16.4 Å². The molecule has 0 saturated heterocycles. The van der Waals surface area contributed by atoms with Crippen molar-refractivity contribution in [1.82, 2.24) is 10.3 Å². The summed E-state index contributed by atoms with van der Waals surface area (Å²) in [6, 6.07) is 0. The molecule has 1 amide bonds. The van der Waals surface area contributed by atoms with Crippen LogP contribution in [-0.4, -0.2) is 23.0 Å². The maximum Gasteiger partial charge on any atom is 0.265 e. The van der Waals surface area contributed by atoms with Crippen molar-refractivity contribution < 1.29 is 4.79 Å². The van der Waals surface area contributed by atoms with Gasteiger partial charge in [0.15, 0.2) is 5.13 Å². The standard InChI is InChI=1S/C12H20N4OS/c1-7(2)6-14-11-15-9(13)8(18-11)10(17)16-12(3)4-5-12/h7H,4-6,13H2,1-3H3,(H,14,15)(H,16,17). The highest BCUT2D eigenvalue weighted by Crippen LogP contribution is 2.35. The van der Waals surface area contributed by atoms with Crippen LogP contribution in [0.5, 0.6) is 0 Å². The van der Waals surface area contributed by atoms with E-state index in [0.717, 1.165) is 19.4 Å². The minimum Gasteiger partial charge on any atom is -0.382 e. The van der Waals surface area contributed by atoms with Crippen LogP contribution >= 0.6 is 11.3 Å². The highest BCUT2D eigenvalue weighted by Gasteiger charge is 2.39. The fourth-order valence-corrected chi connectivity index (χ4v) is 2.29. The molecule has 6 heteroatoms. The molecular weight excluding hydrogens is 248 g/mol. The number of carbonyl (C=O) groups is 1. The molecular formula is C12H20N4OS. The van der Waals surface area contributed by atoms with Gasteiger partial charge in [-0.1, -0.05) is 25.2 Å². The molecule has 0 unspecified atom stereocenters. The number of nitrogens with zero attached hydrogens (tertiary/aromatic N) is 1. The van der Waals surface area contributed by atoms with Crippen LogP contribution in [0.1, 0.15) is 43.3 Å². The van der Waals surface area contributed by atoms with Crippen LogP contribution in [0.3, 0.4) is 0 Å². The smallest absolute Gasteiger partial charge is 0.265 e. The Morgan fingerprint density at radius 1 is 1.56 bits per heavy atom. The number of nitrogens with two attached hydrogens (primary N) is 1. The van der Waals surface area contributed by atoms with Crippen LogP contribution in [0.2, 0.25) is 0 Å². The van der Waals surface area contributed by atoms with Crippen molar-refractivity contribution >= 4 is 28.2 Å². The lowest BCUT2D eigenvalue weighted by atomic mass is 10.2. The van der Waals surface area contributed by atoms with Gasteiger partial charge in [-0.15, -0.1) is 0 Å². The predicted octanol–water partition coefficient (Wildman–Crippen LogP) is 2.08. The quantitative estimate of drug-likeness (QED) is 0.763. The second-order valence-corrected chi connectivity index (χ2v) is 6.52. The number of thiazole rings is 1. The molecule has 1 heterocycles. The summed E-state index contributed by atoms with van der Waals surface area (Å²) in [6.07, 6.45) is 2.08. The van der Waals surface area contributed by atoms with Crippen molar-refractivity contribution in [3.8, 4) is 0 Å². The third kappa shape index (κ3) is 3.13. The Bertz CT molecular complexity index is 451. The molecule has 0 radical (unpaired) electrons. The van der Waals surface area contributed by atoms with Gasteiger partial charge in [0.25, 0.3) is 5.91 Å². The molecule has 1 aromatic heterocycles. The van der Waals surface area contributed by atoms with Crippen molar-refractivity contribution in [3.63, 3.8) is 0 Å². The summed E-state index contributed by atoms with van der Waals surface area (Å²) in [7, 11) is 0. The minimum absolute atomic E-state index is 0.0287. The van der Waals surface area contributed by atoms with Gasteiger partial charge >= 0.3 is 0 Å². The maximum atomic E-state index is 12.0. The van der Waals surface area contributed by atoms with E-state index in [1.54, 1.807) is 0 Å². The van der Waals surface area contributed by atoms with E-state index in [9.17, 15) is 4.79 Å². The van der Waals surface area contributed by atoms with Crippen molar-refractivity contribution in [3.05, 3.63) is 4.88 Å². The first-order valence-corrected chi connectivity index (χ1v) is 7.04. The molecule has 18 heavy (non-hydrogen) atoms. The van der Waals surface area contributed by atoms with Crippen LogP contribution in [0, 0.1) is 5.92 Å². The van der Waals surface area contributed by atoms with Crippen LogP contribution in [0.15, 0.2) is 0 Å². The second kappa shape index (κ2) is 4.76. The zero-order chi connectivity index (χ0) is 13.3. The van der Waals surface area contributed by atoms with Gasteiger partial charge in [0.1, 0.15) is 10.7 Å². The molecule has 1 aromatic rings. The van der Waals surface area contributed by atoms with Crippen LogP contribution in [-0.2, 0) is 0 Å². The highest BCUT2D eigenvalue weighted by atomic mass is 32.1. The molecule has 0 aromatic carbocycles. The lowest BCUT2D eigenvalue weighted by Gasteiger charge is -2.09. The Morgan fingerprint density at radius 2 is 2.22 bits per heavy atom. The number of carbonyl (C=O) groups excluding carboxylic acids is 1. The number of rotatable bonds is 5. The molecule has 0 bridgehead atoms. The molecule has 1 saturated carbocycles. The van der Waals surface area contributed by atoms with E-state index in [2.05, 4.69) is 29.5 Å². The van der Waals surface area contributed by atoms with Crippen molar-refractivity contribution in [2.24, 2.45) is 5.92 Å². The second-order valence-electron chi connectivity index (χ2n) is 5.52. The van der Waals surface area contributed by atoms with E-state index < -0.39 is 0 Å². The van der Waals surface area contributed by atoms with Gasteiger partial charge in [-0.3, -0.25) is 4.79 Å². The molecule has 0 aliphatic heterocycles. The Hall–Kier alpha value is -1.30. The molecule has 4 N–H and O–H groups in total. The molecule has 1 aliphatic carbocycles. The van der Waals surface area contributed by atoms with E-state index in [0.29, 0.717) is 21.7 Å². The topological polar surface area (TPSA) is 80.0 Å². The number of hydrogen-bond acceptors (Lipinski definition) is 5. The summed E-state index contributed by atoms with van der Waals surface area (Å²) in [4.78, 5) is 16.7. The molecule has 1 aliphatic rings. The first kappa shape index (κ1) is 13.1. The van der Waals surface area contributed by atoms with Gasteiger partial charge in [0.05, 0.1) is 0 Å². The van der Waals surface area contributed by atoms with Gasteiger partial charge in [-0.2, -0.15) is 0 Å². The van der Waals surface area contributed by atoms with Crippen molar-refractivity contribution in [2.45, 2.75) is 39.2 Å². The first-order valence-electron chi connectivity index (χ1n) is 6.22. The first-order chi connectivity index (χ1) is 8.39. The summed E-state index contributed by atoms with van der Waals surface area (Å²) >= 11 is 1.32. The normalized spacial score (nSPS) is 16.7. The summed E-state index contributed by atoms with van der Waals surface area (Å²) < 4.78 is 0. The van der Waals surface area contributed by atoms with E-state index in [-0.39, 0.29) is 11.4 Å². The third-order valence-electron chi connectivity index (χ3n) is 2.94. The maximum absolute atomic E-state index is 12.0. The van der Waals surface area contributed by atoms with E-state index >= 15 is 0 Å². The number of hydrogen-bond donors (Lipinski definition) is 3. The molecule has 1 fully saturated rings. The molecule has 0 spiro atoms. The number of nitrogen functional groups attached to an aromatic ring is 1. The Kier molecular flexibility index (Phi) is 3.47. The van der Waals surface area contributed by atoms with Gasteiger partial charge in [0, 0.05) is 12.1 Å². The van der Waals surface area contributed by atoms with Gasteiger partial charge in [-0.05, 0) is 25.7 Å². The summed E-state index contributed by atoms with van der Waals surface area (Å²) in [5.74, 6) is 0.730. The fraction of sp³-hybridized carbons (Fsp3) is 0.667. The highest BCUT2D eigenvalue weighted by molar-refractivity contribution is 7.18. The van der Waals surface area contributed by atoms with Crippen molar-refractivity contribution in [1.29, 1.82) is 0 Å². The summed E-state index contributed by atoms with van der Waals surface area (Å²) in [6.45, 7) is 7.10. The van der Waals surface area contributed by atoms with E-state index in [1.165, 1.54) is 11.3 Å². The summed E-state index contributed by atoms with van der Waals surface area (Å²) in [5.41, 5.74) is 5.76. The molecule has 2 rings (SSSR count). The van der Waals surface area contributed by atoms with Crippen molar-refractivity contribution in [2.75, 3.05) is 17.6 Å². The average Bonchev–Trinajstić information content (AvgIpc) is 2.86. The largest absolute Gasteiger partial charge is 0.382 e. The van der Waals surface area contributed by atoms with Crippen LogP contribution in [0.4, 0.5) is 10.9 Å². The fourth-order valence-electron chi connectivity index (χ4n) is 1.51. The number of amides is 1. The summed E-state index contributed by atoms with van der Waals surface area (Å²) in [5, 5.41) is 6.89. The number of nitrogens with one attached hydrogen (secondary N) is 2. The Balaban J connectivity index is 2.01. The number of anilines is 2. The van der Waals surface area contributed by atoms with Crippen LogP contribution < -0.4 is 16.4 Å².